The number of carbonyl (C=O) groups excluding carboxylic acids is 1. The molecule has 4 heteroatoms. The predicted octanol–water partition coefficient (Wildman–Crippen LogP) is 0.871. The maximum absolute atomic E-state index is 12.3. The molecule has 4 nitrogen and oxygen atoms in total. The van der Waals surface area contributed by atoms with Gasteiger partial charge in [-0.25, -0.2) is 0 Å². The van der Waals surface area contributed by atoms with Crippen LogP contribution in [0.3, 0.4) is 0 Å². The number of hydrogen-bond acceptors (Lipinski definition) is 3. The van der Waals surface area contributed by atoms with Crippen molar-refractivity contribution < 1.29 is 9.53 Å². The lowest BCUT2D eigenvalue weighted by Crippen LogP contribution is -2.47. The Kier molecular flexibility index (Phi) is 4.80. The molecule has 0 aromatic heterocycles. The van der Waals surface area contributed by atoms with E-state index in [2.05, 4.69) is 10.2 Å². The molecule has 2 aliphatic heterocycles. The molecule has 2 heterocycles. The third-order valence-corrected chi connectivity index (χ3v) is 3.88. The van der Waals surface area contributed by atoms with E-state index in [1.165, 1.54) is 6.42 Å². The zero-order valence-corrected chi connectivity index (χ0v) is 10.8. The summed E-state index contributed by atoms with van der Waals surface area (Å²) >= 11 is 0. The molecule has 2 rings (SSSR count). The first-order valence-corrected chi connectivity index (χ1v) is 6.79. The Bertz CT molecular complexity index is 250. The first-order valence-electron chi connectivity index (χ1n) is 6.79. The van der Waals surface area contributed by atoms with Crippen molar-refractivity contribution in [2.75, 3.05) is 39.9 Å². The van der Waals surface area contributed by atoms with Crippen LogP contribution >= 0.6 is 0 Å². The highest BCUT2D eigenvalue weighted by atomic mass is 16.5. The number of likely N-dealkylation sites (tertiary alicyclic amines) is 1. The Labute approximate surface area is 104 Å². The summed E-state index contributed by atoms with van der Waals surface area (Å²) in [5.41, 5.74) is 0. The first kappa shape index (κ1) is 12.8. The average molecular weight is 240 g/mol. The van der Waals surface area contributed by atoms with E-state index in [1.807, 2.05) is 0 Å². The lowest BCUT2D eigenvalue weighted by atomic mass is 9.94. The standard InChI is InChI=1S/C13H24N2O2/c1-17-10-11-4-3-7-15(9-11)13(16)12-5-2-6-14-8-12/h11-12,14H,2-10H2,1H3/t11-,12+/m1/s1. The van der Waals surface area contributed by atoms with Gasteiger partial charge in [0.15, 0.2) is 0 Å². The molecule has 2 saturated heterocycles. The summed E-state index contributed by atoms with van der Waals surface area (Å²) in [6.45, 7) is 4.55. The number of carbonyl (C=O) groups is 1. The van der Waals surface area contributed by atoms with Gasteiger partial charge in [0.05, 0.1) is 12.5 Å². The van der Waals surface area contributed by atoms with Crippen molar-refractivity contribution in [3.05, 3.63) is 0 Å². The highest BCUT2D eigenvalue weighted by Crippen LogP contribution is 2.20. The van der Waals surface area contributed by atoms with Gasteiger partial charge < -0.3 is 15.0 Å². The van der Waals surface area contributed by atoms with E-state index in [9.17, 15) is 4.79 Å². The van der Waals surface area contributed by atoms with Crippen LogP contribution in [0.1, 0.15) is 25.7 Å². The summed E-state index contributed by atoms with van der Waals surface area (Å²) in [4.78, 5) is 14.4. The second kappa shape index (κ2) is 6.36. The molecule has 2 fully saturated rings. The smallest absolute Gasteiger partial charge is 0.226 e. The van der Waals surface area contributed by atoms with Crippen LogP contribution in [-0.4, -0.2) is 50.7 Å². The Morgan fingerprint density at radius 3 is 3.00 bits per heavy atom. The lowest BCUT2D eigenvalue weighted by Gasteiger charge is -2.35. The highest BCUT2D eigenvalue weighted by molar-refractivity contribution is 5.79. The lowest BCUT2D eigenvalue weighted by molar-refractivity contribution is -0.138. The molecular weight excluding hydrogens is 216 g/mol. The van der Waals surface area contributed by atoms with E-state index in [-0.39, 0.29) is 5.92 Å². The van der Waals surface area contributed by atoms with Crippen molar-refractivity contribution in [3.63, 3.8) is 0 Å². The van der Waals surface area contributed by atoms with Gasteiger partial charge >= 0.3 is 0 Å². The molecule has 0 radical (unpaired) electrons. The second-order valence-corrected chi connectivity index (χ2v) is 5.29. The molecular formula is C13H24N2O2. The zero-order chi connectivity index (χ0) is 12.1. The fourth-order valence-electron chi connectivity index (χ4n) is 2.96. The van der Waals surface area contributed by atoms with Crippen molar-refractivity contribution in [1.82, 2.24) is 10.2 Å². The minimum absolute atomic E-state index is 0.213. The second-order valence-electron chi connectivity index (χ2n) is 5.29. The van der Waals surface area contributed by atoms with Gasteiger partial charge in [-0.05, 0) is 38.1 Å². The molecule has 2 aliphatic rings. The van der Waals surface area contributed by atoms with Crippen LogP contribution in [0.2, 0.25) is 0 Å². The third-order valence-electron chi connectivity index (χ3n) is 3.88. The van der Waals surface area contributed by atoms with E-state index in [1.54, 1.807) is 7.11 Å². The largest absolute Gasteiger partial charge is 0.384 e. The van der Waals surface area contributed by atoms with Crippen LogP contribution in [0, 0.1) is 11.8 Å². The van der Waals surface area contributed by atoms with Crippen molar-refractivity contribution >= 4 is 5.91 Å². The number of hydrogen-bond donors (Lipinski definition) is 1. The molecule has 0 aromatic carbocycles. The maximum Gasteiger partial charge on any atom is 0.226 e. The van der Waals surface area contributed by atoms with Crippen LogP contribution in [-0.2, 0) is 9.53 Å². The monoisotopic (exact) mass is 240 g/mol. The highest BCUT2D eigenvalue weighted by Gasteiger charge is 2.29. The van der Waals surface area contributed by atoms with Gasteiger partial charge in [0.2, 0.25) is 5.91 Å². The van der Waals surface area contributed by atoms with E-state index in [0.29, 0.717) is 11.8 Å². The number of piperidine rings is 2. The van der Waals surface area contributed by atoms with E-state index in [4.69, 9.17) is 4.74 Å². The van der Waals surface area contributed by atoms with E-state index < -0.39 is 0 Å². The molecule has 0 aromatic rings. The number of ether oxygens (including phenoxy) is 1. The summed E-state index contributed by atoms with van der Waals surface area (Å²) in [6, 6.07) is 0. The molecule has 1 amide bonds. The number of rotatable bonds is 3. The quantitative estimate of drug-likeness (QED) is 0.796. The van der Waals surface area contributed by atoms with Crippen LogP contribution < -0.4 is 5.32 Å². The molecule has 0 bridgehead atoms. The van der Waals surface area contributed by atoms with Gasteiger partial charge in [0.1, 0.15) is 0 Å². The van der Waals surface area contributed by atoms with Gasteiger partial charge in [-0.15, -0.1) is 0 Å². The number of methoxy groups -OCH3 is 1. The fraction of sp³-hybridized carbons (Fsp3) is 0.923. The predicted molar refractivity (Wildman–Crippen MR) is 66.8 cm³/mol. The minimum Gasteiger partial charge on any atom is -0.384 e. The molecule has 0 spiro atoms. The first-order chi connectivity index (χ1) is 8.31. The Morgan fingerprint density at radius 2 is 2.29 bits per heavy atom. The molecule has 2 atom stereocenters. The molecule has 0 unspecified atom stereocenters. The molecule has 0 saturated carbocycles. The van der Waals surface area contributed by atoms with Crippen molar-refractivity contribution in [2.45, 2.75) is 25.7 Å². The minimum atomic E-state index is 0.213. The fourth-order valence-corrected chi connectivity index (χ4v) is 2.96. The zero-order valence-electron chi connectivity index (χ0n) is 10.8. The molecule has 98 valence electrons. The Hall–Kier alpha value is -0.610. The van der Waals surface area contributed by atoms with Gasteiger partial charge in [0, 0.05) is 26.7 Å². The van der Waals surface area contributed by atoms with Gasteiger partial charge in [0.25, 0.3) is 0 Å². The molecule has 1 N–H and O–H groups in total. The third kappa shape index (κ3) is 3.42. The van der Waals surface area contributed by atoms with Crippen LogP contribution in [0.4, 0.5) is 0 Å². The van der Waals surface area contributed by atoms with Crippen LogP contribution in [0.25, 0.3) is 0 Å². The summed E-state index contributed by atoms with van der Waals surface area (Å²) in [5.74, 6) is 1.11. The van der Waals surface area contributed by atoms with Crippen LogP contribution in [0.15, 0.2) is 0 Å². The van der Waals surface area contributed by atoms with Gasteiger partial charge in [-0.2, -0.15) is 0 Å². The van der Waals surface area contributed by atoms with Crippen molar-refractivity contribution in [3.8, 4) is 0 Å². The van der Waals surface area contributed by atoms with Gasteiger partial charge in [-0.1, -0.05) is 0 Å². The van der Waals surface area contributed by atoms with Crippen LogP contribution in [0.5, 0.6) is 0 Å². The number of nitrogens with zero attached hydrogens (tertiary/aromatic N) is 1. The summed E-state index contributed by atoms with van der Waals surface area (Å²) < 4.78 is 5.20. The molecule has 17 heavy (non-hydrogen) atoms. The summed E-state index contributed by atoms with van der Waals surface area (Å²) in [5, 5.41) is 3.32. The van der Waals surface area contributed by atoms with Crippen molar-refractivity contribution in [1.29, 1.82) is 0 Å². The van der Waals surface area contributed by atoms with E-state index in [0.717, 1.165) is 52.0 Å². The maximum atomic E-state index is 12.3. The van der Waals surface area contributed by atoms with Gasteiger partial charge in [-0.3, -0.25) is 4.79 Å². The number of nitrogens with one attached hydrogen (secondary N) is 1. The normalized spacial score (nSPS) is 30.3. The van der Waals surface area contributed by atoms with E-state index >= 15 is 0 Å². The number of amides is 1. The summed E-state index contributed by atoms with van der Waals surface area (Å²) in [7, 11) is 1.74. The Balaban J connectivity index is 1.85. The molecule has 0 aliphatic carbocycles. The average Bonchev–Trinajstić information content (AvgIpc) is 2.40. The SMILES string of the molecule is COC[C@@H]1CCCN(C(=O)[C@H]2CCCNC2)C1. The Morgan fingerprint density at radius 1 is 1.41 bits per heavy atom. The van der Waals surface area contributed by atoms with Crippen molar-refractivity contribution in [2.24, 2.45) is 11.8 Å². The summed E-state index contributed by atoms with van der Waals surface area (Å²) in [6.07, 6.45) is 4.50. The topological polar surface area (TPSA) is 41.6 Å².